The maximum atomic E-state index is 12.3. The Morgan fingerprint density at radius 2 is 1.74 bits per heavy atom. The normalized spacial score (nSPS) is 30.1. The Balaban J connectivity index is 2.12. The average Bonchev–Trinajstić information content (AvgIpc) is 2.61. The number of fused-ring (bicyclic) bond motifs is 2. The number of rotatable bonds is 1. The van der Waals surface area contributed by atoms with E-state index in [1.807, 2.05) is 20.8 Å². The molecule has 0 saturated carbocycles. The van der Waals surface area contributed by atoms with Crippen molar-refractivity contribution in [3.8, 4) is 0 Å². The molecule has 2 fully saturated rings. The third-order valence-electron chi connectivity index (χ3n) is 3.93. The zero-order valence-corrected chi connectivity index (χ0v) is 12.1. The molecular formula is C14H23NO4. The van der Waals surface area contributed by atoms with Gasteiger partial charge in [0.05, 0.1) is 13.0 Å². The molecule has 0 aromatic carbocycles. The molecule has 0 unspecified atom stereocenters. The monoisotopic (exact) mass is 269 g/mol. The van der Waals surface area contributed by atoms with Crippen LogP contribution < -0.4 is 0 Å². The molecule has 0 aliphatic carbocycles. The zero-order valence-electron chi connectivity index (χ0n) is 12.1. The van der Waals surface area contributed by atoms with Crippen LogP contribution in [-0.2, 0) is 14.3 Å². The van der Waals surface area contributed by atoms with E-state index in [1.165, 1.54) is 7.11 Å². The minimum absolute atomic E-state index is 0.0546. The molecule has 5 heteroatoms. The number of piperidine rings is 1. The van der Waals surface area contributed by atoms with Gasteiger partial charge in [-0.15, -0.1) is 0 Å². The summed E-state index contributed by atoms with van der Waals surface area (Å²) in [7, 11) is 1.40. The van der Waals surface area contributed by atoms with Gasteiger partial charge in [0.25, 0.3) is 0 Å². The van der Waals surface area contributed by atoms with Crippen molar-refractivity contribution in [3.63, 3.8) is 0 Å². The Bertz CT molecular complexity index is 374. The number of methoxy groups -OCH3 is 1. The molecule has 0 N–H and O–H groups in total. The van der Waals surface area contributed by atoms with Gasteiger partial charge in [0.2, 0.25) is 0 Å². The predicted molar refractivity (Wildman–Crippen MR) is 69.6 cm³/mol. The topological polar surface area (TPSA) is 55.8 Å². The van der Waals surface area contributed by atoms with E-state index in [-0.39, 0.29) is 30.1 Å². The van der Waals surface area contributed by atoms with Gasteiger partial charge < -0.3 is 14.4 Å². The van der Waals surface area contributed by atoms with E-state index in [1.54, 1.807) is 4.90 Å². The third-order valence-corrected chi connectivity index (χ3v) is 3.93. The number of hydrogen-bond donors (Lipinski definition) is 0. The Labute approximate surface area is 114 Å². The fraction of sp³-hybridized carbons (Fsp3) is 0.857. The molecule has 0 spiro atoms. The minimum atomic E-state index is -0.505. The zero-order chi connectivity index (χ0) is 14.2. The third kappa shape index (κ3) is 2.85. The van der Waals surface area contributed by atoms with Gasteiger partial charge in [0.1, 0.15) is 5.60 Å². The second-order valence-corrected chi connectivity index (χ2v) is 6.39. The molecular weight excluding hydrogens is 246 g/mol. The van der Waals surface area contributed by atoms with Gasteiger partial charge >= 0.3 is 12.1 Å². The lowest BCUT2D eigenvalue weighted by Crippen LogP contribution is -2.51. The van der Waals surface area contributed by atoms with E-state index in [4.69, 9.17) is 9.47 Å². The lowest BCUT2D eigenvalue weighted by Gasteiger charge is -2.39. The number of amides is 1. The van der Waals surface area contributed by atoms with Crippen LogP contribution in [0.5, 0.6) is 0 Å². The Kier molecular flexibility index (Phi) is 3.74. The van der Waals surface area contributed by atoms with Gasteiger partial charge in [-0.25, -0.2) is 4.79 Å². The second kappa shape index (κ2) is 5.02. The van der Waals surface area contributed by atoms with Gasteiger partial charge in [-0.05, 0) is 46.5 Å². The molecule has 2 bridgehead atoms. The standard InChI is InChI=1S/C14H23NO4/c1-14(2,3)19-13(17)15-9-5-7-10(12(16)18-4)11(15)8-6-9/h9-11H,5-8H2,1-4H3/t9-,10+,11+/m0/s1. The molecule has 2 aliphatic heterocycles. The summed E-state index contributed by atoms with van der Waals surface area (Å²) >= 11 is 0. The Morgan fingerprint density at radius 3 is 2.32 bits per heavy atom. The number of esters is 1. The molecule has 3 atom stereocenters. The van der Waals surface area contributed by atoms with Crippen molar-refractivity contribution in [2.24, 2.45) is 5.92 Å². The summed E-state index contributed by atoms with van der Waals surface area (Å²) in [5.41, 5.74) is -0.505. The molecule has 19 heavy (non-hydrogen) atoms. The number of carbonyl (C=O) groups excluding carboxylic acids is 2. The summed E-state index contributed by atoms with van der Waals surface area (Å²) in [6, 6.07) is 0.168. The van der Waals surface area contributed by atoms with Crippen LogP contribution in [0.4, 0.5) is 4.79 Å². The van der Waals surface area contributed by atoms with Crippen LogP contribution in [-0.4, -0.2) is 41.8 Å². The summed E-state index contributed by atoms with van der Waals surface area (Å²) in [6.45, 7) is 5.57. The minimum Gasteiger partial charge on any atom is -0.469 e. The number of nitrogens with zero attached hydrogens (tertiary/aromatic N) is 1. The van der Waals surface area contributed by atoms with Crippen molar-refractivity contribution < 1.29 is 19.1 Å². The van der Waals surface area contributed by atoms with Crippen molar-refractivity contribution in [2.45, 2.75) is 64.1 Å². The van der Waals surface area contributed by atoms with Crippen molar-refractivity contribution in [1.29, 1.82) is 0 Å². The summed E-state index contributed by atoms with van der Waals surface area (Å²) < 4.78 is 10.3. The van der Waals surface area contributed by atoms with Crippen molar-refractivity contribution in [2.75, 3.05) is 7.11 Å². The van der Waals surface area contributed by atoms with Crippen LogP contribution in [0.25, 0.3) is 0 Å². The first-order valence-corrected chi connectivity index (χ1v) is 6.92. The number of ether oxygens (including phenoxy) is 2. The van der Waals surface area contributed by atoms with Gasteiger partial charge in [-0.1, -0.05) is 0 Å². The highest BCUT2D eigenvalue weighted by atomic mass is 16.6. The van der Waals surface area contributed by atoms with Gasteiger partial charge in [-0.2, -0.15) is 0 Å². The van der Waals surface area contributed by atoms with Gasteiger partial charge in [-0.3, -0.25) is 4.79 Å². The van der Waals surface area contributed by atoms with E-state index >= 15 is 0 Å². The first-order chi connectivity index (χ1) is 8.83. The lowest BCUT2D eigenvalue weighted by molar-refractivity contribution is -0.149. The first kappa shape index (κ1) is 14.2. The summed E-state index contributed by atoms with van der Waals surface area (Å²) in [6.07, 6.45) is 3.19. The molecule has 0 aromatic rings. The van der Waals surface area contributed by atoms with Crippen molar-refractivity contribution in [3.05, 3.63) is 0 Å². The van der Waals surface area contributed by atoms with E-state index < -0.39 is 5.60 Å². The fourth-order valence-electron chi connectivity index (χ4n) is 3.18. The molecule has 0 radical (unpaired) electrons. The van der Waals surface area contributed by atoms with Crippen LogP contribution >= 0.6 is 0 Å². The van der Waals surface area contributed by atoms with Gasteiger partial charge in [0.15, 0.2) is 0 Å². The SMILES string of the molecule is COC(=O)[C@@H]1CC[C@H]2CC[C@H]1N2C(=O)OC(C)(C)C. The summed E-state index contributed by atoms with van der Waals surface area (Å²) in [5, 5.41) is 0. The second-order valence-electron chi connectivity index (χ2n) is 6.39. The number of hydrogen-bond acceptors (Lipinski definition) is 4. The quantitative estimate of drug-likeness (QED) is 0.686. The first-order valence-electron chi connectivity index (χ1n) is 6.92. The van der Waals surface area contributed by atoms with Crippen LogP contribution in [0.3, 0.4) is 0 Å². The maximum absolute atomic E-state index is 12.3. The molecule has 2 rings (SSSR count). The number of carbonyl (C=O) groups is 2. The highest BCUT2D eigenvalue weighted by molar-refractivity contribution is 5.76. The molecule has 1 amide bonds. The van der Waals surface area contributed by atoms with Crippen LogP contribution in [0.1, 0.15) is 46.5 Å². The fourth-order valence-corrected chi connectivity index (χ4v) is 3.18. The van der Waals surface area contributed by atoms with E-state index in [0.717, 1.165) is 25.7 Å². The van der Waals surface area contributed by atoms with Crippen LogP contribution in [0, 0.1) is 5.92 Å². The Hall–Kier alpha value is -1.26. The highest BCUT2D eigenvalue weighted by Gasteiger charge is 2.48. The van der Waals surface area contributed by atoms with Crippen molar-refractivity contribution in [1.82, 2.24) is 4.90 Å². The lowest BCUT2D eigenvalue weighted by atomic mass is 9.90. The Morgan fingerprint density at radius 1 is 1.11 bits per heavy atom. The molecule has 5 nitrogen and oxygen atoms in total. The largest absolute Gasteiger partial charge is 0.469 e. The molecule has 0 aromatic heterocycles. The summed E-state index contributed by atoms with van der Waals surface area (Å²) in [4.78, 5) is 25.9. The van der Waals surface area contributed by atoms with Gasteiger partial charge in [0, 0.05) is 12.1 Å². The molecule has 2 heterocycles. The molecule has 2 aliphatic rings. The highest BCUT2D eigenvalue weighted by Crippen LogP contribution is 2.40. The summed E-state index contributed by atoms with van der Waals surface area (Å²) in [5.74, 6) is -0.407. The van der Waals surface area contributed by atoms with Crippen LogP contribution in [0.2, 0.25) is 0 Å². The van der Waals surface area contributed by atoms with Crippen molar-refractivity contribution >= 4 is 12.1 Å². The molecule has 108 valence electrons. The average molecular weight is 269 g/mol. The van der Waals surface area contributed by atoms with E-state index in [0.29, 0.717) is 0 Å². The maximum Gasteiger partial charge on any atom is 0.410 e. The van der Waals surface area contributed by atoms with E-state index in [9.17, 15) is 9.59 Å². The molecule has 2 saturated heterocycles. The van der Waals surface area contributed by atoms with Crippen LogP contribution in [0.15, 0.2) is 0 Å². The predicted octanol–water partition coefficient (Wildman–Crippen LogP) is 2.34. The smallest absolute Gasteiger partial charge is 0.410 e. The van der Waals surface area contributed by atoms with E-state index in [2.05, 4.69) is 0 Å².